The number of nitrogens with zero attached hydrogens (tertiary/aromatic N) is 5. The van der Waals surface area contributed by atoms with Gasteiger partial charge in [0.05, 0.1) is 29.1 Å². The molecule has 0 radical (unpaired) electrons. The van der Waals surface area contributed by atoms with Crippen molar-refractivity contribution in [3.63, 3.8) is 0 Å². The van der Waals surface area contributed by atoms with Crippen molar-refractivity contribution in [2.75, 3.05) is 11.1 Å². The van der Waals surface area contributed by atoms with Crippen LogP contribution in [0.25, 0.3) is 11.2 Å². The summed E-state index contributed by atoms with van der Waals surface area (Å²) in [5.74, 6) is 1.82. The Morgan fingerprint density at radius 1 is 1.18 bits per heavy atom. The highest BCUT2D eigenvalue weighted by atomic mass is 35.5. The molecular weight excluding hydrogens is 464 g/mol. The highest BCUT2D eigenvalue weighted by Crippen LogP contribution is 2.54. The fraction of sp³-hybridized carbons (Fsp3) is 0.500. The zero-order valence-corrected chi connectivity index (χ0v) is 20.0. The first-order chi connectivity index (χ1) is 15.8. The third-order valence-electron chi connectivity index (χ3n) is 7.24. The maximum atomic E-state index is 13.5. The number of anilines is 1. The molecule has 2 saturated carbocycles. The monoisotopic (exact) mass is 488 g/mol. The number of hydrogen-bond acceptors (Lipinski definition) is 8. The number of nitrogens with one attached hydrogen (secondary N) is 1. The van der Waals surface area contributed by atoms with Crippen LogP contribution in [0.2, 0.25) is 5.28 Å². The molecule has 3 heterocycles. The zero-order chi connectivity index (χ0) is 23.3. The minimum atomic E-state index is -3.31. The molecule has 0 spiro atoms. The smallest absolute Gasteiger partial charge is 0.295 e. The van der Waals surface area contributed by atoms with Crippen molar-refractivity contribution in [1.82, 2.24) is 24.5 Å². The first kappa shape index (κ1) is 22.2. The topological polar surface area (TPSA) is 120 Å². The maximum absolute atomic E-state index is 13.5. The van der Waals surface area contributed by atoms with E-state index in [1.807, 2.05) is 0 Å². The van der Waals surface area contributed by atoms with Crippen molar-refractivity contribution in [3.05, 3.63) is 45.9 Å². The SMILES string of the molecule is CCS(=O)(=O)c1ccc(CNc2nc3cnc(Cl)nc3n([C@@H]3C[C@H]4CC[C@@H]3[C@H]4C)c2=O)nc1. The number of sulfone groups is 1. The van der Waals surface area contributed by atoms with Crippen molar-refractivity contribution >= 4 is 38.4 Å². The van der Waals surface area contributed by atoms with Gasteiger partial charge in [0.25, 0.3) is 5.56 Å². The van der Waals surface area contributed by atoms with E-state index < -0.39 is 9.84 Å². The molecule has 0 saturated heterocycles. The Morgan fingerprint density at radius 2 is 2.00 bits per heavy atom. The molecule has 0 aromatic carbocycles. The van der Waals surface area contributed by atoms with Gasteiger partial charge in [0.1, 0.15) is 5.52 Å². The molecule has 3 aromatic heterocycles. The number of halogens is 1. The van der Waals surface area contributed by atoms with Crippen LogP contribution in [-0.2, 0) is 16.4 Å². The summed E-state index contributed by atoms with van der Waals surface area (Å²) in [6, 6.07) is 3.22. The van der Waals surface area contributed by atoms with E-state index >= 15 is 0 Å². The molecule has 0 amide bonds. The molecule has 1 N–H and O–H groups in total. The van der Waals surface area contributed by atoms with E-state index in [4.69, 9.17) is 11.6 Å². The largest absolute Gasteiger partial charge is 0.360 e. The minimum Gasteiger partial charge on any atom is -0.360 e. The number of fused-ring (bicyclic) bond motifs is 3. The van der Waals surface area contributed by atoms with Crippen molar-refractivity contribution in [1.29, 1.82) is 0 Å². The first-order valence-corrected chi connectivity index (χ1v) is 13.2. The van der Waals surface area contributed by atoms with Gasteiger partial charge in [-0.2, -0.15) is 4.98 Å². The second kappa shape index (κ2) is 8.32. The highest BCUT2D eigenvalue weighted by Gasteiger charge is 2.47. The predicted molar refractivity (Wildman–Crippen MR) is 125 cm³/mol. The molecule has 4 atom stereocenters. The van der Waals surface area contributed by atoms with Crippen LogP contribution in [0.5, 0.6) is 0 Å². The summed E-state index contributed by atoms with van der Waals surface area (Å²) >= 11 is 6.06. The molecule has 0 unspecified atom stereocenters. The summed E-state index contributed by atoms with van der Waals surface area (Å²) in [6.45, 7) is 4.09. The maximum Gasteiger partial charge on any atom is 0.295 e. The molecule has 3 aromatic rings. The van der Waals surface area contributed by atoms with Gasteiger partial charge in [-0.3, -0.25) is 14.3 Å². The van der Waals surface area contributed by atoms with E-state index in [0.29, 0.717) is 34.6 Å². The summed E-state index contributed by atoms with van der Waals surface area (Å²) in [6.07, 6.45) is 6.13. The molecule has 2 aliphatic carbocycles. The van der Waals surface area contributed by atoms with Crippen LogP contribution >= 0.6 is 11.6 Å². The lowest BCUT2D eigenvalue weighted by atomic mass is 9.94. The van der Waals surface area contributed by atoms with Gasteiger partial charge >= 0.3 is 0 Å². The molecule has 11 heteroatoms. The van der Waals surface area contributed by atoms with E-state index in [-0.39, 0.29) is 39.9 Å². The van der Waals surface area contributed by atoms with Crippen molar-refractivity contribution < 1.29 is 8.42 Å². The van der Waals surface area contributed by atoms with Crippen molar-refractivity contribution in [2.24, 2.45) is 17.8 Å². The van der Waals surface area contributed by atoms with E-state index in [2.05, 4.69) is 32.2 Å². The zero-order valence-electron chi connectivity index (χ0n) is 18.4. The van der Waals surface area contributed by atoms with Crippen LogP contribution in [-0.4, -0.2) is 38.7 Å². The average Bonchev–Trinajstić information content (AvgIpc) is 3.32. The van der Waals surface area contributed by atoms with Gasteiger partial charge in [0, 0.05) is 12.2 Å². The van der Waals surface area contributed by atoms with Crippen molar-refractivity contribution in [3.8, 4) is 0 Å². The second-order valence-electron chi connectivity index (χ2n) is 8.89. The Labute approximate surface area is 196 Å². The number of pyridine rings is 1. The molecule has 174 valence electrons. The second-order valence-corrected chi connectivity index (χ2v) is 11.5. The van der Waals surface area contributed by atoms with E-state index in [1.54, 1.807) is 17.6 Å². The fourth-order valence-electron chi connectivity index (χ4n) is 5.38. The normalized spacial score (nSPS) is 24.5. The lowest BCUT2D eigenvalue weighted by molar-refractivity contribution is 0.319. The summed E-state index contributed by atoms with van der Waals surface area (Å²) < 4.78 is 25.7. The number of aromatic nitrogens is 5. The van der Waals surface area contributed by atoms with Crippen molar-refractivity contribution in [2.45, 2.75) is 50.6 Å². The Balaban J connectivity index is 1.49. The van der Waals surface area contributed by atoms with Crippen LogP contribution in [0, 0.1) is 17.8 Å². The molecule has 5 rings (SSSR count). The van der Waals surface area contributed by atoms with Gasteiger partial charge in [-0.05, 0) is 60.7 Å². The Morgan fingerprint density at radius 3 is 2.64 bits per heavy atom. The van der Waals surface area contributed by atoms with Gasteiger partial charge in [-0.25, -0.2) is 18.4 Å². The molecule has 0 aliphatic heterocycles. The van der Waals surface area contributed by atoms with Crippen LogP contribution in [0.3, 0.4) is 0 Å². The summed E-state index contributed by atoms with van der Waals surface area (Å²) in [7, 11) is -3.31. The minimum absolute atomic E-state index is 0.0144. The number of hydrogen-bond donors (Lipinski definition) is 1. The van der Waals surface area contributed by atoms with Gasteiger partial charge < -0.3 is 5.32 Å². The highest BCUT2D eigenvalue weighted by molar-refractivity contribution is 7.91. The number of rotatable bonds is 6. The molecule has 2 bridgehead atoms. The Hall–Kier alpha value is -2.59. The summed E-state index contributed by atoms with van der Waals surface area (Å²) in [5.41, 5.74) is 1.31. The standard InChI is InChI=1S/C22H25ClN6O3S/c1-3-33(31,32)15-6-5-14(24-10-15)9-25-19-21(30)29(18-8-13-4-7-16(18)12(13)2)20-17(27-19)11-26-22(23)28-20/h5-6,10-13,16,18H,3-4,7-9H2,1-2H3,(H,25,27)/t12-,13+,16+,18+/m0/s1. The molecular formula is C22H25ClN6O3S. The predicted octanol–water partition coefficient (Wildman–Crippen LogP) is 3.25. The van der Waals surface area contributed by atoms with Crippen LogP contribution in [0.1, 0.15) is 44.8 Å². The van der Waals surface area contributed by atoms with Crippen LogP contribution < -0.4 is 10.9 Å². The summed E-state index contributed by atoms with van der Waals surface area (Å²) in [5, 5.41) is 3.17. The molecule has 9 nitrogen and oxygen atoms in total. The van der Waals surface area contributed by atoms with Gasteiger partial charge in [-0.15, -0.1) is 0 Å². The lowest BCUT2D eigenvalue weighted by Gasteiger charge is -2.26. The Bertz CT molecular complexity index is 1380. The van der Waals surface area contributed by atoms with Gasteiger partial charge in [0.2, 0.25) is 5.28 Å². The van der Waals surface area contributed by atoms with E-state index in [9.17, 15) is 13.2 Å². The molecule has 2 aliphatic rings. The molecule has 33 heavy (non-hydrogen) atoms. The average molecular weight is 489 g/mol. The van der Waals surface area contributed by atoms with Gasteiger partial charge in [0.15, 0.2) is 21.3 Å². The van der Waals surface area contributed by atoms with E-state index in [0.717, 1.165) is 12.8 Å². The van der Waals surface area contributed by atoms with E-state index in [1.165, 1.54) is 24.9 Å². The molecule has 2 fully saturated rings. The van der Waals surface area contributed by atoms with Crippen LogP contribution in [0.4, 0.5) is 5.82 Å². The summed E-state index contributed by atoms with van der Waals surface area (Å²) in [4.78, 5) is 30.8. The first-order valence-electron chi connectivity index (χ1n) is 11.1. The lowest BCUT2D eigenvalue weighted by Crippen LogP contribution is -2.32. The Kier molecular flexibility index (Phi) is 5.60. The third-order valence-corrected chi connectivity index (χ3v) is 9.14. The third kappa shape index (κ3) is 3.89. The fourth-order valence-corrected chi connectivity index (χ4v) is 6.33. The van der Waals surface area contributed by atoms with Gasteiger partial charge in [-0.1, -0.05) is 13.8 Å². The quantitative estimate of drug-likeness (QED) is 0.525. The van der Waals surface area contributed by atoms with Crippen LogP contribution in [0.15, 0.2) is 34.2 Å².